The van der Waals surface area contributed by atoms with E-state index in [0.29, 0.717) is 33.7 Å². The minimum absolute atomic E-state index is 0.0865. The molecule has 0 radical (unpaired) electrons. The van der Waals surface area contributed by atoms with Crippen molar-refractivity contribution in [2.45, 2.75) is 6.42 Å². The Morgan fingerprint density at radius 2 is 1.59 bits per heavy atom. The second-order valence-electron chi connectivity index (χ2n) is 8.22. The summed E-state index contributed by atoms with van der Waals surface area (Å²) >= 11 is 6.07. The van der Waals surface area contributed by atoms with Crippen LogP contribution in [0.5, 0.6) is 23.0 Å². The number of hydrogen-bond acceptors (Lipinski definition) is 9. The van der Waals surface area contributed by atoms with Crippen molar-refractivity contribution < 1.29 is 43.2 Å². The van der Waals surface area contributed by atoms with E-state index in [1.807, 2.05) is 0 Å². The third-order valence-corrected chi connectivity index (χ3v) is 6.39. The highest BCUT2D eigenvalue weighted by molar-refractivity contribution is 6.19. The molecule has 2 heterocycles. The summed E-state index contributed by atoms with van der Waals surface area (Å²) in [6.07, 6.45) is 0.172. The van der Waals surface area contributed by atoms with E-state index in [0.717, 1.165) is 14.2 Å². The number of ether oxygens (including phenoxy) is 5. The summed E-state index contributed by atoms with van der Waals surface area (Å²) in [5.74, 6) is -1.36. The van der Waals surface area contributed by atoms with Crippen molar-refractivity contribution in [3.63, 3.8) is 0 Å². The number of methoxy groups -OCH3 is 5. The van der Waals surface area contributed by atoms with E-state index in [1.165, 1.54) is 27.4 Å². The lowest BCUT2D eigenvalue weighted by atomic mass is 9.99. The highest BCUT2D eigenvalue weighted by Crippen LogP contribution is 2.43. The fourth-order valence-corrected chi connectivity index (χ4v) is 4.70. The van der Waals surface area contributed by atoms with Crippen LogP contribution in [0.2, 0.25) is 0 Å². The van der Waals surface area contributed by atoms with Crippen LogP contribution in [-0.2, 0) is 15.9 Å². The van der Waals surface area contributed by atoms with Gasteiger partial charge in [-0.15, -0.1) is 11.6 Å². The summed E-state index contributed by atoms with van der Waals surface area (Å²) in [6, 6.07) is 4.59. The maximum atomic E-state index is 13.4. The standard InChI is InChI=1S/C26H26ClN3O9/c1-35-16-9-11-8-14(28-19(11)23(37-3)22(16)36-2)24(32)29-13-10-15(31)20-17(12(13)6-7-27)18(25(33)38-4)21(30-20)26(34)39-5/h8-10,28,30-31H,6-7H2,1-5H3,(H,29,32). The summed E-state index contributed by atoms with van der Waals surface area (Å²) in [4.78, 5) is 44.3. The monoisotopic (exact) mass is 559 g/mol. The molecule has 4 aromatic rings. The minimum Gasteiger partial charge on any atom is -0.506 e. The maximum absolute atomic E-state index is 13.4. The number of carbonyl (C=O) groups is 3. The molecular formula is C26H26ClN3O9. The van der Waals surface area contributed by atoms with Crippen molar-refractivity contribution >= 4 is 56.9 Å². The zero-order valence-corrected chi connectivity index (χ0v) is 22.5. The predicted octanol–water partition coefficient (Wildman–Crippen LogP) is 3.99. The number of anilines is 1. The van der Waals surface area contributed by atoms with E-state index in [1.54, 1.807) is 12.1 Å². The first-order valence-electron chi connectivity index (χ1n) is 11.5. The maximum Gasteiger partial charge on any atom is 0.355 e. The second-order valence-corrected chi connectivity index (χ2v) is 8.59. The molecule has 0 aliphatic heterocycles. The Labute approximate surface area is 227 Å². The third kappa shape index (κ3) is 4.63. The van der Waals surface area contributed by atoms with Gasteiger partial charge in [0.05, 0.1) is 46.6 Å². The number of fused-ring (bicyclic) bond motifs is 2. The summed E-state index contributed by atoms with van der Waals surface area (Å²) < 4.78 is 26.0. The number of halogens is 1. The first kappa shape index (κ1) is 27.5. The molecule has 0 aliphatic rings. The molecule has 206 valence electrons. The van der Waals surface area contributed by atoms with E-state index in [2.05, 4.69) is 15.3 Å². The van der Waals surface area contributed by atoms with Crippen LogP contribution in [0.3, 0.4) is 0 Å². The second kappa shape index (κ2) is 11.0. The number of aromatic hydroxyl groups is 1. The third-order valence-electron chi connectivity index (χ3n) is 6.20. The van der Waals surface area contributed by atoms with Gasteiger partial charge in [0.2, 0.25) is 5.75 Å². The Bertz CT molecular complexity index is 1610. The van der Waals surface area contributed by atoms with Crippen molar-refractivity contribution in [1.82, 2.24) is 9.97 Å². The predicted molar refractivity (Wildman–Crippen MR) is 143 cm³/mol. The number of aryl methyl sites for hydroxylation is 1. The SMILES string of the molecule is COC(=O)c1[nH]c2c(O)cc(NC(=O)c3cc4cc(OC)c(OC)c(OC)c4[nH]3)c(CCCl)c2c1C(=O)OC. The Kier molecular flexibility index (Phi) is 7.77. The first-order chi connectivity index (χ1) is 18.7. The molecule has 12 nitrogen and oxygen atoms in total. The van der Waals surface area contributed by atoms with Gasteiger partial charge in [0.15, 0.2) is 11.5 Å². The fourth-order valence-electron chi connectivity index (χ4n) is 4.51. The molecule has 0 bridgehead atoms. The number of rotatable bonds is 9. The Hall–Kier alpha value is -4.58. The number of phenolic OH excluding ortho intramolecular Hbond substituents is 1. The van der Waals surface area contributed by atoms with E-state index in [4.69, 9.17) is 35.3 Å². The van der Waals surface area contributed by atoms with Gasteiger partial charge in [-0.1, -0.05) is 0 Å². The lowest BCUT2D eigenvalue weighted by Crippen LogP contribution is -2.15. The molecule has 0 fully saturated rings. The number of carbonyl (C=O) groups excluding carboxylic acids is 3. The molecular weight excluding hydrogens is 534 g/mol. The Morgan fingerprint density at radius 3 is 2.18 bits per heavy atom. The Morgan fingerprint density at radius 1 is 0.897 bits per heavy atom. The van der Waals surface area contributed by atoms with Crippen LogP contribution in [0.1, 0.15) is 36.9 Å². The highest BCUT2D eigenvalue weighted by Gasteiger charge is 2.30. The number of H-pyrrole nitrogens is 2. The summed E-state index contributed by atoms with van der Waals surface area (Å²) in [6.45, 7) is 0. The van der Waals surface area contributed by atoms with Crippen LogP contribution in [0, 0.1) is 0 Å². The average molecular weight is 560 g/mol. The molecule has 0 unspecified atom stereocenters. The number of aromatic amines is 2. The van der Waals surface area contributed by atoms with Crippen LogP contribution in [0.4, 0.5) is 5.69 Å². The number of nitrogens with one attached hydrogen (secondary N) is 3. The lowest BCUT2D eigenvalue weighted by Gasteiger charge is -2.14. The number of amides is 1. The van der Waals surface area contributed by atoms with Gasteiger partial charge in [-0.25, -0.2) is 9.59 Å². The summed E-state index contributed by atoms with van der Waals surface area (Å²) in [7, 11) is 6.73. The molecule has 2 aromatic carbocycles. The van der Waals surface area contributed by atoms with Crippen LogP contribution < -0.4 is 19.5 Å². The molecule has 39 heavy (non-hydrogen) atoms. The van der Waals surface area contributed by atoms with E-state index in [-0.39, 0.29) is 51.6 Å². The van der Waals surface area contributed by atoms with Crippen LogP contribution in [0.15, 0.2) is 18.2 Å². The van der Waals surface area contributed by atoms with E-state index >= 15 is 0 Å². The summed E-state index contributed by atoms with van der Waals surface area (Å²) in [5, 5.41) is 14.4. The molecule has 2 aromatic heterocycles. The molecule has 4 rings (SSSR count). The van der Waals surface area contributed by atoms with Gasteiger partial charge in [-0.2, -0.15) is 0 Å². The first-order valence-corrected chi connectivity index (χ1v) is 12.0. The van der Waals surface area contributed by atoms with Crippen molar-refractivity contribution in [2.75, 3.05) is 46.7 Å². The smallest absolute Gasteiger partial charge is 0.355 e. The number of phenols is 1. The van der Waals surface area contributed by atoms with Crippen molar-refractivity contribution in [1.29, 1.82) is 0 Å². The molecule has 0 saturated heterocycles. The highest BCUT2D eigenvalue weighted by atomic mass is 35.5. The van der Waals surface area contributed by atoms with Crippen LogP contribution >= 0.6 is 11.6 Å². The van der Waals surface area contributed by atoms with Gasteiger partial charge in [-0.3, -0.25) is 4.79 Å². The number of esters is 2. The molecule has 0 saturated carbocycles. The average Bonchev–Trinajstić information content (AvgIpc) is 3.55. The minimum atomic E-state index is -0.842. The van der Waals surface area contributed by atoms with Gasteiger partial charge < -0.3 is 44.1 Å². The fraction of sp³-hybridized carbons (Fsp3) is 0.269. The van der Waals surface area contributed by atoms with Gasteiger partial charge in [0.25, 0.3) is 5.91 Å². The number of aromatic nitrogens is 2. The quantitative estimate of drug-likeness (QED) is 0.175. The molecule has 1 amide bonds. The zero-order chi connectivity index (χ0) is 28.4. The van der Waals surface area contributed by atoms with Crippen LogP contribution in [0.25, 0.3) is 21.8 Å². The number of alkyl halides is 1. The molecule has 4 N–H and O–H groups in total. The van der Waals surface area contributed by atoms with Crippen molar-refractivity contribution in [3.05, 3.63) is 40.7 Å². The van der Waals surface area contributed by atoms with Gasteiger partial charge in [-0.05, 0) is 24.1 Å². The Balaban J connectivity index is 1.87. The zero-order valence-electron chi connectivity index (χ0n) is 21.7. The van der Waals surface area contributed by atoms with E-state index < -0.39 is 17.8 Å². The van der Waals surface area contributed by atoms with Gasteiger partial charge >= 0.3 is 11.9 Å². The number of benzene rings is 2. The topological polar surface area (TPSA) is 161 Å². The normalized spacial score (nSPS) is 10.9. The van der Waals surface area contributed by atoms with Gasteiger partial charge in [0, 0.05) is 28.4 Å². The van der Waals surface area contributed by atoms with E-state index in [9.17, 15) is 19.5 Å². The van der Waals surface area contributed by atoms with Crippen LogP contribution in [-0.4, -0.2) is 74.3 Å². The van der Waals surface area contributed by atoms with Crippen molar-refractivity contribution in [3.8, 4) is 23.0 Å². The molecule has 13 heteroatoms. The largest absolute Gasteiger partial charge is 0.506 e. The molecule has 0 atom stereocenters. The molecule has 0 aliphatic carbocycles. The summed E-state index contributed by atoms with van der Waals surface area (Å²) in [5.41, 5.74) is 0.957. The molecule has 0 spiro atoms. The van der Waals surface area contributed by atoms with Gasteiger partial charge in [0.1, 0.15) is 22.7 Å². The number of hydrogen-bond donors (Lipinski definition) is 4. The van der Waals surface area contributed by atoms with Crippen molar-refractivity contribution in [2.24, 2.45) is 0 Å². The lowest BCUT2D eigenvalue weighted by molar-refractivity contribution is 0.0553.